The number of nitrogens with one attached hydrogen (secondary N) is 1. The van der Waals surface area contributed by atoms with Gasteiger partial charge in [-0.1, -0.05) is 131 Å². The predicted octanol–water partition coefficient (Wildman–Crippen LogP) is 6.71. The largest absolute Gasteiger partial charge is 1.00 e. The Bertz CT molecular complexity index is 2140. The first-order valence-corrected chi connectivity index (χ1v) is 23.7. The molecule has 0 aromatic heterocycles. The number of aryl methyl sites for hydroxylation is 6. The third kappa shape index (κ3) is 14.2. The van der Waals surface area contributed by atoms with Crippen LogP contribution in [-0.4, -0.2) is 60.4 Å². The predicted molar refractivity (Wildman–Crippen MR) is 257 cm³/mol. The zero-order valence-corrected chi connectivity index (χ0v) is 44.4. The van der Waals surface area contributed by atoms with Crippen molar-refractivity contribution in [2.24, 2.45) is 0 Å². The Hall–Kier alpha value is -2.70. The Morgan fingerprint density at radius 1 is 0.450 bits per heavy atom. The molecule has 6 rings (SSSR count). The maximum atomic E-state index is 6.05. The van der Waals surface area contributed by atoms with Crippen LogP contribution in [0, 0.1) is 41.5 Å². The van der Waals surface area contributed by atoms with E-state index in [1.54, 1.807) is 28.4 Å². The second kappa shape index (κ2) is 26.7. The van der Waals surface area contributed by atoms with Gasteiger partial charge < -0.3 is 24.0 Å². The van der Waals surface area contributed by atoms with Crippen LogP contribution in [0.3, 0.4) is 0 Å². The molecule has 0 aliphatic carbocycles. The molecule has 0 amide bonds. The third-order valence-electron chi connectivity index (χ3n) is 9.81. The summed E-state index contributed by atoms with van der Waals surface area (Å²) in [5.41, 5.74) is 12.4. The van der Waals surface area contributed by atoms with E-state index in [-0.39, 0.29) is 58.2 Å². The van der Waals surface area contributed by atoms with Gasteiger partial charge in [-0.05, 0) is 94.1 Å². The topological polar surface area (TPSA) is 65.0 Å². The average molecular weight is 916 g/mol. The molecule has 0 heterocycles. The van der Waals surface area contributed by atoms with Gasteiger partial charge in [0.05, 0.1) is 26.4 Å². The molecule has 0 fully saturated rings. The SMILES string of the molecule is COCCOC.COCCOC.Cc1cc(C)c([N-]P(=CP(=[NH+]c2c(C)cc(C)cc2C)(c2ccccc2)c2ccccc2)(c2ccccc2)c2ccccc2)c(C)c1.[Rb+]. The van der Waals surface area contributed by atoms with Crippen molar-refractivity contribution in [1.82, 2.24) is 0 Å². The molecule has 0 aliphatic heterocycles. The van der Waals surface area contributed by atoms with Crippen LogP contribution in [0.25, 0.3) is 5.09 Å². The van der Waals surface area contributed by atoms with Crippen molar-refractivity contribution in [1.29, 1.82) is 0 Å². The van der Waals surface area contributed by atoms with E-state index in [1.807, 2.05) is 0 Å². The van der Waals surface area contributed by atoms with E-state index in [0.29, 0.717) is 26.4 Å². The van der Waals surface area contributed by atoms with Gasteiger partial charge in [-0.15, -0.1) is 12.7 Å². The van der Waals surface area contributed by atoms with Gasteiger partial charge in [-0.3, -0.25) is 0 Å². The van der Waals surface area contributed by atoms with E-state index in [1.165, 1.54) is 60.3 Å². The van der Waals surface area contributed by atoms with Gasteiger partial charge in [0.15, 0.2) is 7.05 Å². The van der Waals surface area contributed by atoms with Crippen molar-refractivity contribution in [2.75, 3.05) is 54.9 Å². The number of rotatable bonds is 14. The molecular weight excluding hydrogens is 852 g/mol. The van der Waals surface area contributed by atoms with Crippen molar-refractivity contribution in [2.45, 2.75) is 41.5 Å². The summed E-state index contributed by atoms with van der Waals surface area (Å²) in [6.07, 6.45) is 0. The first-order valence-electron chi connectivity index (χ1n) is 20.0. The van der Waals surface area contributed by atoms with Gasteiger partial charge in [0.1, 0.15) is 0 Å². The molecule has 60 heavy (non-hydrogen) atoms. The Morgan fingerprint density at radius 2 is 0.750 bits per heavy atom. The molecule has 0 spiro atoms. The fourth-order valence-corrected chi connectivity index (χ4v) is 16.6. The van der Waals surface area contributed by atoms with Crippen molar-refractivity contribution in [3.05, 3.63) is 184 Å². The minimum absolute atomic E-state index is 0. The first kappa shape index (κ1) is 51.6. The number of nitrogens with zero attached hydrogens (tertiary/aromatic N) is 1. The van der Waals surface area contributed by atoms with E-state index >= 15 is 0 Å². The summed E-state index contributed by atoms with van der Waals surface area (Å²) in [6, 6.07) is 53.3. The summed E-state index contributed by atoms with van der Waals surface area (Å²) in [5, 5.41) is 11.1. The minimum Gasteiger partial charge on any atom is -0.652 e. The molecule has 0 unspecified atom stereocenters. The summed E-state index contributed by atoms with van der Waals surface area (Å²) >= 11 is 0. The molecule has 6 aromatic carbocycles. The summed E-state index contributed by atoms with van der Waals surface area (Å²) < 4.78 is 23.0. The second-order valence-electron chi connectivity index (χ2n) is 14.6. The van der Waals surface area contributed by atoms with Crippen LogP contribution in [0.2, 0.25) is 0 Å². The van der Waals surface area contributed by atoms with Crippen LogP contribution in [0.15, 0.2) is 146 Å². The van der Waals surface area contributed by atoms with Crippen LogP contribution < -0.4 is 84.2 Å². The number of ether oxygens (including phenoxy) is 4. The van der Waals surface area contributed by atoms with Crippen LogP contribution in [0.1, 0.15) is 33.4 Å². The number of hydrogen-bond acceptors (Lipinski definition) is 4. The summed E-state index contributed by atoms with van der Waals surface area (Å²) in [6.45, 7) is 16.0. The van der Waals surface area contributed by atoms with Gasteiger partial charge >= 0.3 is 58.2 Å². The van der Waals surface area contributed by atoms with E-state index in [2.05, 4.69) is 216 Å². The summed E-state index contributed by atoms with van der Waals surface area (Å²) in [4.78, 5) is 0. The molecule has 6 nitrogen and oxygen atoms in total. The molecule has 0 bridgehead atoms. The van der Waals surface area contributed by atoms with Crippen molar-refractivity contribution in [3.8, 4) is 0 Å². The van der Waals surface area contributed by atoms with Crippen LogP contribution in [0.5, 0.6) is 0 Å². The molecule has 312 valence electrons. The van der Waals surface area contributed by atoms with Gasteiger partial charge in [0.25, 0.3) is 0 Å². The van der Waals surface area contributed by atoms with E-state index in [0.717, 1.165) is 5.69 Å². The maximum Gasteiger partial charge on any atom is 1.00 e. The van der Waals surface area contributed by atoms with Crippen LogP contribution in [0.4, 0.5) is 11.4 Å². The first-order chi connectivity index (χ1) is 28.5. The fourth-order valence-electron chi connectivity index (χ4n) is 7.11. The number of methoxy groups -OCH3 is 4. The molecule has 0 radical (unpaired) electrons. The smallest absolute Gasteiger partial charge is 0.652 e. The molecule has 0 atom stereocenters. The zero-order valence-electron chi connectivity index (χ0n) is 37.7. The van der Waals surface area contributed by atoms with Gasteiger partial charge in [0, 0.05) is 50.2 Å². The van der Waals surface area contributed by atoms with E-state index in [4.69, 9.17) is 5.09 Å². The quantitative estimate of drug-likeness (QED) is 0.0976. The Kier molecular flexibility index (Phi) is 23.0. The maximum absolute atomic E-state index is 6.05. The standard InChI is InChI=1S/C43H43N2P2.2C4H10O2.Rb/c1-32-27-34(3)42(35(4)28-32)44-46(38-19-11-7-12-20-38,39-21-13-8-14-22-39)31-47(40-23-15-9-16-24-40,41-25-17-10-18-26-41)45-43-36(5)29-33(2)30-37(43)6;2*1-5-3-4-6-2;/h7-31H,1-6H3;2*3-4H2,1-2H3;/q-1;;;+1/p+1. The molecule has 6 aromatic rings. The van der Waals surface area contributed by atoms with Crippen LogP contribution in [-0.2, 0) is 18.9 Å². The molecule has 0 aliphatic rings. The van der Waals surface area contributed by atoms with E-state index < -0.39 is 14.1 Å². The second-order valence-corrected chi connectivity index (χ2v) is 20.8. The van der Waals surface area contributed by atoms with Crippen molar-refractivity contribution in [3.63, 3.8) is 0 Å². The Morgan fingerprint density at radius 3 is 1.07 bits per heavy atom. The van der Waals surface area contributed by atoms with Crippen molar-refractivity contribution < 1.29 is 81.9 Å². The van der Waals surface area contributed by atoms with Gasteiger partial charge in [-0.2, -0.15) is 0 Å². The van der Waals surface area contributed by atoms with Crippen LogP contribution >= 0.6 is 14.1 Å². The molecule has 1 N–H and O–H groups in total. The third-order valence-corrected chi connectivity index (χ3v) is 18.0. The fraction of sp³-hybridized carbons (Fsp3) is 0.275. The Balaban J connectivity index is 0.000000649. The molecule has 0 saturated carbocycles. The molecular formula is C51H64N2O4P2Rb+. The monoisotopic (exact) mass is 915 g/mol. The van der Waals surface area contributed by atoms with Crippen molar-refractivity contribution >= 4 is 52.2 Å². The Labute approximate surface area is 410 Å². The average Bonchev–Trinajstić information content (AvgIpc) is 3.25. The van der Waals surface area contributed by atoms with Gasteiger partial charge in [-0.25, -0.2) is 4.74 Å². The minimum atomic E-state index is -2.63. The normalized spacial score (nSPS) is 10.9. The summed E-state index contributed by atoms with van der Waals surface area (Å²) in [5.74, 6) is 0. The van der Waals surface area contributed by atoms with E-state index in [9.17, 15) is 0 Å². The zero-order chi connectivity index (χ0) is 42.7. The number of hydrogen-bond donors (Lipinski definition) is 1. The number of benzene rings is 6. The molecule has 0 saturated heterocycles. The summed E-state index contributed by atoms with van der Waals surface area (Å²) in [7, 11) is 1.43. The molecule has 9 heteroatoms. The van der Waals surface area contributed by atoms with Gasteiger partial charge in [0.2, 0.25) is 5.69 Å².